The van der Waals surface area contributed by atoms with Crippen LogP contribution < -0.4 is 0 Å². The molecule has 0 aromatic heterocycles. The molecule has 4 rings (SSSR count). The second-order valence-corrected chi connectivity index (χ2v) is 10.4. The van der Waals surface area contributed by atoms with Crippen molar-refractivity contribution in [2.75, 3.05) is 12.3 Å². The van der Waals surface area contributed by atoms with Crippen LogP contribution in [0.1, 0.15) is 56.9 Å². The fraction of sp³-hybridized carbons (Fsp3) is 0.636. The maximum absolute atomic E-state index is 13.3. The van der Waals surface area contributed by atoms with E-state index >= 15 is 0 Å². The van der Waals surface area contributed by atoms with Gasteiger partial charge in [0, 0.05) is 6.54 Å². The summed E-state index contributed by atoms with van der Waals surface area (Å²) in [4.78, 5) is 10.1. The number of aliphatic imine (C=N–C) groups is 1. The number of benzene rings is 1. The van der Waals surface area contributed by atoms with Crippen molar-refractivity contribution >= 4 is 22.1 Å². The normalized spacial score (nSPS) is 26.7. The molecular formula is C22H31N3O3S. The molecule has 29 heavy (non-hydrogen) atoms. The molecular weight excluding hydrogens is 386 g/mol. The minimum atomic E-state index is -3.30. The Bertz CT molecular complexity index is 832. The van der Waals surface area contributed by atoms with Crippen LogP contribution in [0.2, 0.25) is 0 Å². The Morgan fingerprint density at radius 2 is 1.76 bits per heavy atom. The summed E-state index contributed by atoms with van der Waals surface area (Å²) in [6, 6.07) is 9.58. The van der Waals surface area contributed by atoms with Crippen molar-refractivity contribution < 1.29 is 13.3 Å². The van der Waals surface area contributed by atoms with Crippen molar-refractivity contribution in [3.05, 3.63) is 35.9 Å². The highest BCUT2D eigenvalue weighted by atomic mass is 32.2. The highest BCUT2D eigenvalue weighted by molar-refractivity contribution is 7.89. The summed E-state index contributed by atoms with van der Waals surface area (Å²) in [5, 5.41) is 4.07. The van der Waals surface area contributed by atoms with Gasteiger partial charge in [0.15, 0.2) is 0 Å². The number of oxime groups is 1. The first-order chi connectivity index (χ1) is 14.1. The van der Waals surface area contributed by atoms with Crippen LogP contribution >= 0.6 is 0 Å². The summed E-state index contributed by atoms with van der Waals surface area (Å²) in [5.41, 5.74) is 1.10. The predicted molar refractivity (Wildman–Crippen MR) is 116 cm³/mol. The summed E-state index contributed by atoms with van der Waals surface area (Å²) in [6.07, 6.45) is 10.6. The van der Waals surface area contributed by atoms with E-state index in [4.69, 9.17) is 9.83 Å². The molecule has 158 valence electrons. The largest absolute Gasteiger partial charge is 0.342 e. The van der Waals surface area contributed by atoms with Gasteiger partial charge in [-0.15, -0.1) is 0 Å². The first-order valence-electron chi connectivity index (χ1n) is 10.9. The molecule has 1 saturated carbocycles. The van der Waals surface area contributed by atoms with E-state index in [1.807, 2.05) is 30.3 Å². The maximum Gasteiger partial charge on any atom is 0.225 e. The first kappa shape index (κ1) is 20.5. The maximum atomic E-state index is 13.3. The number of nitrogens with zero attached hydrogens (tertiary/aromatic N) is 3. The lowest BCUT2D eigenvalue weighted by Gasteiger charge is -2.38. The molecule has 0 spiro atoms. The van der Waals surface area contributed by atoms with Crippen LogP contribution in [-0.2, 0) is 21.3 Å². The Morgan fingerprint density at radius 3 is 2.55 bits per heavy atom. The second kappa shape index (κ2) is 9.39. The number of hydrogen-bond acceptors (Lipinski definition) is 5. The molecule has 0 amide bonds. The molecule has 0 N–H and O–H groups in total. The van der Waals surface area contributed by atoms with E-state index in [0.29, 0.717) is 24.8 Å². The SMILES string of the molecule is O=S(=O)(CC1CCCCC1)N1CCCC[C@H]1C1C=NOC(Cc2ccccc2)=N1. The zero-order valence-electron chi connectivity index (χ0n) is 16.9. The Morgan fingerprint density at radius 1 is 1.00 bits per heavy atom. The third kappa shape index (κ3) is 5.25. The molecule has 2 atom stereocenters. The zero-order chi connectivity index (χ0) is 20.1. The van der Waals surface area contributed by atoms with E-state index in [0.717, 1.165) is 50.5 Å². The Hall–Kier alpha value is -1.73. The number of hydrogen-bond donors (Lipinski definition) is 0. The number of sulfonamides is 1. The van der Waals surface area contributed by atoms with Crippen molar-refractivity contribution in [3.63, 3.8) is 0 Å². The van der Waals surface area contributed by atoms with Crippen molar-refractivity contribution in [1.29, 1.82) is 0 Å². The van der Waals surface area contributed by atoms with Crippen LogP contribution in [0.5, 0.6) is 0 Å². The smallest absolute Gasteiger partial charge is 0.225 e. The Kier molecular flexibility index (Phi) is 6.65. The molecule has 7 heteroatoms. The molecule has 2 aliphatic heterocycles. The highest BCUT2D eigenvalue weighted by Crippen LogP contribution is 2.30. The standard InChI is InChI=1S/C22H31N3O3S/c26-29(27,17-19-11-5-2-6-12-19)25-14-8-7-13-21(25)20-16-23-28-22(24-20)15-18-9-3-1-4-10-18/h1,3-4,9-10,16,19-21H,2,5-8,11-15,17H2/t20?,21-/m0/s1. The summed E-state index contributed by atoms with van der Waals surface area (Å²) < 4.78 is 28.3. The molecule has 6 nitrogen and oxygen atoms in total. The monoisotopic (exact) mass is 417 g/mol. The average molecular weight is 418 g/mol. The van der Waals surface area contributed by atoms with Gasteiger partial charge in [0.2, 0.25) is 15.9 Å². The van der Waals surface area contributed by atoms with Gasteiger partial charge in [-0.25, -0.2) is 13.4 Å². The molecule has 1 aliphatic carbocycles. The van der Waals surface area contributed by atoms with E-state index in [1.54, 1.807) is 10.5 Å². The quantitative estimate of drug-likeness (QED) is 0.707. The lowest BCUT2D eigenvalue weighted by molar-refractivity contribution is 0.229. The highest BCUT2D eigenvalue weighted by Gasteiger charge is 2.38. The minimum Gasteiger partial charge on any atom is -0.342 e. The molecule has 1 saturated heterocycles. The summed E-state index contributed by atoms with van der Waals surface area (Å²) in [5.74, 6) is 1.14. The molecule has 2 heterocycles. The molecule has 1 aromatic carbocycles. The Labute approximate surface area is 174 Å². The molecule has 1 unspecified atom stereocenters. The van der Waals surface area contributed by atoms with Gasteiger partial charge in [-0.05, 0) is 37.2 Å². The molecule has 0 bridgehead atoms. The lowest BCUT2D eigenvalue weighted by atomic mass is 9.91. The van der Waals surface area contributed by atoms with E-state index in [-0.39, 0.29) is 17.8 Å². The van der Waals surface area contributed by atoms with Gasteiger partial charge in [0.25, 0.3) is 0 Å². The summed E-state index contributed by atoms with van der Waals surface area (Å²) in [7, 11) is -3.30. The van der Waals surface area contributed by atoms with Crippen LogP contribution in [0.3, 0.4) is 0 Å². The van der Waals surface area contributed by atoms with E-state index in [1.165, 1.54) is 6.42 Å². The predicted octanol–water partition coefficient (Wildman–Crippen LogP) is 3.78. The minimum absolute atomic E-state index is 0.157. The first-order valence-corrected chi connectivity index (χ1v) is 12.5. The molecule has 2 fully saturated rings. The average Bonchev–Trinajstić information content (AvgIpc) is 2.75. The van der Waals surface area contributed by atoms with Gasteiger partial charge in [-0.1, -0.05) is 61.2 Å². The fourth-order valence-electron chi connectivity index (χ4n) is 4.78. The van der Waals surface area contributed by atoms with Crippen molar-refractivity contribution in [2.45, 2.75) is 69.9 Å². The van der Waals surface area contributed by atoms with Crippen LogP contribution in [0.4, 0.5) is 0 Å². The van der Waals surface area contributed by atoms with Crippen molar-refractivity contribution in [2.24, 2.45) is 16.1 Å². The third-order valence-corrected chi connectivity index (χ3v) is 8.34. The van der Waals surface area contributed by atoms with E-state index < -0.39 is 10.0 Å². The summed E-state index contributed by atoms with van der Waals surface area (Å²) in [6.45, 7) is 0.592. The lowest BCUT2D eigenvalue weighted by Crippen LogP contribution is -2.51. The Balaban J connectivity index is 1.48. The van der Waals surface area contributed by atoms with Crippen LogP contribution in [0.15, 0.2) is 40.5 Å². The molecule has 1 aromatic rings. The molecule has 3 aliphatic rings. The topological polar surface area (TPSA) is 71.3 Å². The van der Waals surface area contributed by atoms with E-state index in [9.17, 15) is 8.42 Å². The number of piperidine rings is 1. The fourth-order valence-corrected chi connectivity index (χ4v) is 6.95. The molecule has 0 radical (unpaired) electrons. The van der Waals surface area contributed by atoms with Gasteiger partial charge in [-0.2, -0.15) is 4.31 Å². The van der Waals surface area contributed by atoms with Gasteiger partial charge in [-0.3, -0.25) is 0 Å². The van der Waals surface area contributed by atoms with Crippen LogP contribution in [-0.4, -0.2) is 49.2 Å². The number of rotatable bonds is 6. The van der Waals surface area contributed by atoms with Gasteiger partial charge in [0.1, 0.15) is 6.04 Å². The van der Waals surface area contributed by atoms with Crippen molar-refractivity contribution in [3.8, 4) is 0 Å². The van der Waals surface area contributed by atoms with Crippen molar-refractivity contribution in [1.82, 2.24) is 4.31 Å². The zero-order valence-corrected chi connectivity index (χ0v) is 17.8. The summed E-state index contributed by atoms with van der Waals surface area (Å²) >= 11 is 0. The van der Waals surface area contributed by atoms with Gasteiger partial charge >= 0.3 is 0 Å². The van der Waals surface area contributed by atoms with Gasteiger partial charge < -0.3 is 4.84 Å². The van der Waals surface area contributed by atoms with Crippen LogP contribution in [0.25, 0.3) is 0 Å². The van der Waals surface area contributed by atoms with Crippen LogP contribution in [0, 0.1) is 5.92 Å². The van der Waals surface area contributed by atoms with E-state index in [2.05, 4.69) is 5.16 Å². The van der Waals surface area contributed by atoms with Gasteiger partial charge in [0.05, 0.1) is 24.4 Å². The second-order valence-electron chi connectivity index (χ2n) is 8.48. The third-order valence-electron chi connectivity index (χ3n) is 6.28.